The summed E-state index contributed by atoms with van der Waals surface area (Å²) < 4.78 is 11.6. The van der Waals surface area contributed by atoms with E-state index in [-0.39, 0.29) is 5.60 Å². The highest BCUT2D eigenvalue weighted by molar-refractivity contribution is 5.37. The van der Waals surface area contributed by atoms with E-state index in [2.05, 4.69) is 30.0 Å². The number of ether oxygens (including phenoxy) is 2. The lowest BCUT2D eigenvalue weighted by molar-refractivity contribution is -0.394. The SMILES string of the molecule is Cc1cc(OCCN2CCOCC2)ccc1[C@@H]1CCC[C@]2(CC3CC4CC(C3)CC(C4)OO2)C1. The zero-order valence-electron chi connectivity index (χ0n) is 21.0. The summed E-state index contributed by atoms with van der Waals surface area (Å²) in [7, 11) is 0. The van der Waals surface area contributed by atoms with Gasteiger partial charge in [-0.3, -0.25) is 4.90 Å². The molecule has 7 rings (SSSR count). The van der Waals surface area contributed by atoms with Gasteiger partial charge >= 0.3 is 0 Å². The van der Waals surface area contributed by atoms with Gasteiger partial charge in [0.1, 0.15) is 18.0 Å². The van der Waals surface area contributed by atoms with E-state index in [1.165, 1.54) is 62.5 Å². The second kappa shape index (κ2) is 10.1. The predicted octanol–water partition coefficient (Wildman–Crippen LogP) is 5.65. The van der Waals surface area contributed by atoms with Gasteiger partial charge < -0.3 is 9.47 Å². The van der Waals surface area contributed by atoms with Gasteiger partial charge in [-0.15, -0.1) is 0 Å². The second-order valence-electron chi connectivity index (χ2n) is 12.1. The predicted molar refractivity (Wildman–Crippen MR) is 132 cm³/mol. The van der Waals surface area contributed by atoms with E-state index in [9.17, 15) is 0 Å². The van der Waals surface area contributed by atoms with E-state index >= 15 is 0 Å². The van der Waals surface area contributed by atoms with E-state index in [1.807, 2.05) is 0 Å². The Kier molecular flexibility index (Phi) is 6.90. The van der Waals surface area contributed by atoms with Crippen molar-refractivity contribution in [2.45, 2.75) is 88.8 Å². The molecule has 4 bridgehead atoms. The molecule has 34 heavy (non-hydrogen) atoms. The molecule has 1 aromatic rings. The minimum absolute atomic E-state index is 0.0906. The molecule has 188 valence electrons. The maximum atomic E-state index is 6.46. The Hall–Kier alpha value is -1.14. The third-order valence-electron chi connectivity index (χ3n) is 9.48. The molecule has 5 heteroatoms. The molecule has 6 fully saturated rings. The number of rotatable bonds is 5. The Balaban J connectivity index is 1.10. The Morgan fingerprint density at radius 1 is 1.00 bits per heavy atom. The average Bonchev–Trinajstić information content (AvgIpc) is 2.90. The highest BCUT2D eigenvalue weighted by Gasteiger charge is 2.47. The molecule has 2 unspecified atom stereocenters. The number of aryl methyl sites for hydroxylation is 1. The fourth-order valence-electron chi connectivity index (χ4n) is 8.07. The Morgan fingerprint density at radius 3 is 2.59 bits per heavy atom. The van der Waals surface area contributed by atoms with Crippen LogP contribution in [0.25, 0.3) is 0 Å². The van der Waals surface area contributed by atoms with Gasteiger partial charge in [0.2, 0.25) is 0 Å². The fourth-order valence-corrected chi connectivity index (χ4v) is 8.07. The van der Waals surface area contributed by atoms with Gasteiger partial charge in [-0.25, -0.2) is 9.78 Å². The lowest BCUT2D eigenvalue weighted by Crippen LogP contribution is -2.40. The van der Waals surface area contributed by atoms with Crippen molar-refractivity contribution >= 4 is 0 Å². The highest BCUT2D eigenvalue weighted by atomic mass is 17.2. The molecule has 3 heterocycles. The van der Waals surface area contributed by atoms with Crippen LogP contribution in [-0.4, -0.2) is 56.1 Å². The molecule has 3 saturated heterocycles. The summed E-state index contributed by atoms with van der Waals surface area (Å²) >= 11 is 0. The van der Waals surface area contributed by atoms with Crippen molar-refractivity contribution in [3.05, 3.63) is 29.3 Å². The number of fused-ring (bicyclic) bond motifs is 1. The fraction of sp³-hybridized carbons (Fsp3) is 0.793. The van der Waals surface area contributed by atoms with Crippen LogP contribution in [0.3, 0.4) is 0 Å². The molecule has 1 spiro atoms. The molecule has 0 amide bonds. The molecule has 0 radical (unpaired) electrons. The van der Waals surface area contributed by atoms with Gasteiger partial charge in [-0.1, -0.05) is 6.07 Å². The largest absolute Gasteiger partial charge is 0.492 e. The van der Waals surface area contributed by atoms with Crippen LogP contribution in [-0.2, 0) is 14.5 Å². The van der Waals surface area contributed by atoms with Crippen LogP contribution in [0.15, 0.2) is 18.2 Å². The highest BCUT2D eigenvalue weighted by Crippen LogP contribution is 2.52. The zero-order chi connectivity index (χ0) is 23.0. The topological polar surface area (TPSA) is 40.2 Å². The van der Waals surface area contributed by atoms with Crippen molar-refractivity contribution < 1.29 is 19.2 Å². The van der Waals surface area contributed by atoms with Crippen molar-refractivity contribution in [1.29, 1.82) is 0 Å². The lowest BCUT2D eigenvalue weighted by Gasteiger charge is -2.43. The number of nitrogens with zero attached hydrogens (tertiary/aromatic N) is 1. The van der Waals surface area contributed by atoms with Gasteiger partial charge in [0.05, 0.1) is 19.3 Å². The summed E-state index contributed by atoms with van der Waals surface area (Å²) in [6.45, 7) is 7.67. The molecule has 4 atom stereocenters. The Morgan fingerprint density at radius 2 is 1.79 bits per heavy atom. The number of hydrogen-bond donors (Lipinski definition) is 0. The van der Waals surface area contributed by atoms with Gasteiger partial charge in [-0.2, -0.15) is 0 Å². The van der Waals surface area contributed by atoms with Crippen LogP contribution in [0.4, 0.5) is 0 Å². The molecule has 6 aliphatic rings. The van der Waals surface area contributed by atoms with Crippen molar-refractivity contribution in [2.75, 3.05) is 39.5 Å². The molecule has 5 nitrogen and oxygen atoms in total. The number of morpholine rings is 1. The van der Waals surface area contributed by atoms with E-state index in [1.54, 1.807) is 0 Å². The molecule has 3 aliphatic heterocycles. The average molecular weight is 470 g/mol. The summed E-state index contributed by atoms with van der Waals surface area (Å²) in [5, 5.41) is 0. The minimum atomic E-state index is -0.0906. The third kappa shape index (κ3) is 5.18. The van der Waals surface area contributed by atoms with Gasteiger partial charge in [0.15, 0.2) is 0 Å². The van der Waals surface area contributed by atoms with E-state index in [4.69, 9.17) is 19.2 Å². The summed E-state index contributed by atoms with van der Waals surface area (Å²) in [4.78, 5) is 15.1. The van der Waals surface area contributed by atoms with E-state index in [0.29, 0.717) is 12.0 Å². The first-order valence-corrected chi connectivity index (χ1v) is 14.0. The van der Waals surface area contributed by atoms with Gasteiger partial charge in [0.25, 0.3) is 0 Å². The Labute approximate surface area is 205 Å². The van der Waals surface area contributed by atoms with Crippen molar-refractivity contribution in [3.8, 4) is 5.75 Å². The zero-order valence-corrected chi connectivity index (χ0v) is 21.0. The third-order valence-corrected chi connectivity index (χ3v) is 9.48. The maximum Gasteiger partial charge on any atom is 0.119 e. The second-order valence-corrected chi connectivity index (χ2v) is 12.1. The summed E-state index contributed by atoms with van der Waals surface area (Å²) in [5.74, 6) is 4.12. The number of hydrogen-bond acceptors (Lipinski definition) is 5. The molecular formula is C29H43NO4. The summed E-state index contributed by atoms with van der Waals surface area (Å²) in [6.07, 6.45) is 13.0. The van der Waals surface area contributed by atoms with Crippen LogP contribution in [0.2, 0.25) is 0 Å². The summed E-state index contributed by atoms with van der Waals surface area (Å²) in [6, 6.07) is 6.76. The first-order chi connectivity index (χ1) is 16.6. The molecule has 3 saturated carbocycles. The maximum absolute atomic E-state index is 6.46. The quantitative estimate of drug-likeness (QED) is 0.521. The van der Waals surface area contributed by atoms with Gasteiger partial charge in [-0.05, 0) is 118 Å². The standard InChI is InChI=1S/C29H43NO4/c1-21-13-26(32-12-9-30-7-10-31-11-8-30)4-5-28(21)25-3-2-6-29(20-25)19-24-15-22-14-23(16-24)18-27(17-22)33-34-29/h4-5,13,22-25,27H,2-3,6-12,14-20H2,1H3/t22?,23?,24?,25-,27?,29+/m1/s1. The minimum Gasteiger partial charge on any atom is -0.492 e. The van der Waals surface area contributed by atoms with Crippen molar-refractivity contribution in [3.63, 3.8) is 0 Å². The molecule has 3 aliphatic carbocycles. The Bertz CT molecular complexity index is 825. The number of benzene rings is 1. The van der Waals surface area contributed by atoms with Crippen LogP contribution in [0.1, 0.15) is 81.3 Å². The first-order valence-electron chi connectivity index (χ1n) is 14.0. The molecule has 0 aromatic heterocycles. The molecule has 0 N–H and O–H groups in total. The van der Waals surface area contributed by atoms with Crippen molar-refractivity contribution in [1.82, 2.24) is 4.90 Å². The lowest BCUT2D eigenvalue weighted by atomic mass is 9.63. The molecular weight excluding hydrogens is 426 g/mol. The molecule has 1 aromatic carbocycles. The van der Waals surface area contributed by atoms with Crippen LogP contribution < -0.4 is 4.74 Å². The monoisotopic (exact) mass is 469 g/mol. The van der Waals surface area contributed by atoms with Gasteiger partial charge in [0, 0.05) is 19.6 Å². The summed E-state index contributed by atoms with van der Waals surface area (Å²) in [5.41, 5.74) is 2.75. The first kappa shape index (κ1) is 23.3. The van der Waals surface area contributed by atoms with Crippen molar-refractivity contribution in [2.24, 2.45) is 17.8 Å². The van der Waals surface area contributed by atoms with E-state index < -0.39 is 0 Å². The van der Waals surface area contributed by atoms with Crippen LogP contribution >= 0.6 is 0 Å². The van der Waals surface area contributed by atoms with Crippen LogP contribution in [0, 0.1) is 24.7 Å². The normalized spacial score (nSPS) is 38.4. The van der Waals surface area contributed by atoms with Crippen LogP contribution in [0.5, 0.6) is 5.75 Å². The van der Waals surface area contributed by atoms with E-state index in [0.717, 1.165) is 75.8 Å². The smallest absolute Gasteiger partial charge is 0.119 e.